The van der Waals surface area contributed by atoms with Gasteiger partial charge in [-0.25, -0.2) is 27.4 Å². The van der Waals surface area contributed by atoms with Crippen LogP contribution in [0.2, 0.25) is 0 Å². The first kappa shape index (κ1) is 86.8. The van der Waals surface area contributed by atoms with Gasteiger partial charge in [-0.15, -0.1) is 0 Å². The summed E-state index contributed by atoms with van der Waals surface area (Å²) >= 11 is 0. The number of hydrogen-bond donors (Lipinski definition) is 0. The van der Waals surface area contributed by atoms with E-state index in [9.17, 15) is 0 Å². The third-order valence-electron chi connectivity index (χ3n) is 24.5. The Hall–Kier alpha value is -15.7. The van der Waals surface area contributed by atoms with Crippen LogP contribution in [0.15, 0.2) is 384 Å². The van der Waals surface area contributed by atoms with Crippen molar-refractivity contribution in [2.75, 3.05) is 0 Å². The van der Waals surface area contributed by atoms with Crippen molar-refractivity contribution < 1.29 is 32.0 Å². The summed E-state index contributed by atoms with van der Waals surface area (Å²) < 4.78 is 22.0. The van der Waals surface area contributed by atoms with Crippen LogP contribution in [0.1, 0.15) is 50.1 Å². The van der Waals surface area contributed by atoms with Crippen molar-refractivity contribution in [3.05, 3.63) is 434 Å². The minimum absolute atomic E-state index is 1.01. The molecule has 22 aromatic rings. The highest BCUT2D eigenvalue weighted by Gasteiger charge is 2.27. The highest BCUT2D eigenvalue weighted by Crippen LogP contribution is 2.37. The maximum absolute atomic E-state index is 4.57. The summed E-state index contributed by atoms with van der Waals surface area (Å²) in [5.74, 6) is 2.18. The minimum Gasteiger partial charge on any atom is -0.252 e. The molecule has 0 unspecified atom stereocenters. The highest BCUT2D eigenvalue weighted by atomic mass is 15.1. The topological polar surface area (TPSA) is 93.0 Å². The molecule has 10 heterocycles. The van der Waals surface area contributed by atoms with Crippen LogP contribution >= 0.6 is 0 Å². The van der Waals surface area contributed by atoms with E-state index in [0.29, 0.717) is 0 Å². The first-order valence-electron chi connectivity index (χ1n) is 43.9. The highest BCUT2D eigenvalue weighted by molar-refractivity contribution is 6.14. The van der Waals surface area contributed by atoms with E-state index in [0.717, 1.165) is 22.8 Å². The van der Waals surface area contributed by atoms with Gasteiger partial charge in [0.25, 0.3) is 29.8 Å². The number of aromatic nitrogens is 14. The zero-order chi connectivity index (χ0) is 89.9. The Morgan fingerprint density at radius 1 is 0.287 bits per heavy atom. The SMILES string of the molecule is Cc1cc(C)c(C)c(-c2cc(-c3ccccc3)nc[n+]2C)c1.Cc1cccc2c3ccccc3n(-c3cccc[n+]3C)c12.Cc1cccc2c3ccccc3n3c4ccccc4[n+](C)c3c12.Cc1ccccc1-c1ccnc[n+]1C.Cc1ccccc1-c1cncc[n+]1C.Cc1ccccc1-c1nccc[n+]1C.Cc1ccccc1-n1c2ccccc2c2ccc[n+](C)c21. The summed E-state index contributed by atoms with van der Waals surface area (Å²) in [6.45, 7) is 19.4. The molecule has 0 fully saturated rings. The standard InChI is InChI=1S/C21H17N2.C20H21N2.2C19H17N2.3C12H13N2/c1-14-8-7-10-16-15-9-3-4-11-17(15)23-19-13-6-5-12-18(19)22(2)21(23)20(14)16;1-14-10-15(2)16(3)18(11-14)20-12-19(21-13-22(20)4)17-8-6-5-7-9-17;1-14-8-3-5-11-17(14)21-18-12-6-4-9-15(18)16-10-7-13-20(2)19(16)21;1-14-8-7-10-16-15-9-3-4-11-17(15)21(19(14)16)18-12-5-6-13-20(18)2;1-10-6-3-4-7-11(10)12-13-8-5-9-14(12)2;1-10-5-3-4-6-11(10)12-9-13-7-8-14(12)2;1-10-5-3-4-6-11(10)12-7-8-13-9-14(12)2/h3-13H,1-2H3;5-13H,1-4H3;2*3-13H,1-2H3;3*3-9H,1-2H3/q7*+1. The fourth-order valence-corrected chi connectivity index (χ4v) is 17.7. The van der Waals surface area contributed by atoms with Gasteiger partial charge in [0.05, 0.1) is 95.2 Å². The maximum Gasteiger partial charge on any atom is 0.330 e. The van der Waals surface area contributed by atoms with Gasteiger partial charge >= 0.3 is 5.82 Å². The monoisotopic (exact) mass is 1690 g/mol. The second-order valence-corrected chi connectivity index (χ2v) is 33.2. The third kappa shape index (κ3) is 18.0. The van der Waals surface area contributed by atoms with E-state index in [4.69, 9.17) is 0 Å². The lowest BCUT2D eigenvalue weighted by atomic mass is 9.97. The molecule has 0 saturated heterocycles. The maximum atomic E-state index is 4.57. The molecule has 12 aromatic carbocycles. The minimum atomic E-state index is 1.01. The normalized spacial score (nSPS) is 10.9. The van der Waals surface area contributed by atoms with E-state index in [2.05, 4.69) is 431 Å². The molecule has 0 aliphatic carbocycles. The van der Waals surface area contributed by atoms with E-state index in [1.807, 2.05) is 123 Å². The molecule has 0 atom stereocenters. The molecule has 0 radical (unpaired) electrons. The van der Waals surface area contributed by atoms with Gasteiger partial charge in [0, 0.05) is 67.9 Å². The van der Waals surface area contributed by atoms with E-state index in [1.165, 1.54) is 177 Å². The van der Waals surface area contributed by atoms with E-state index >= 15 is 0 Å². The van der Waals surface area contributed by atoms with Crippen molar-refractivity contribution in [1.29, 1.82) is 0 Å². The molecule has 0 N–H and O–H groups in total. The quantitative estimate of drug-likeness (QED) is 0.117. The van der Waals surface area contributed by atoms with Crippen LogP contribution in [0.3, 0.4) is 0 Å². The van der Waals surface area contributed by atoms with Crippen LogP contribution in [0.5, 0.6) is 0 Å². The van der Waals surface area contributed by atoms with Gasteiger partial charge in [0.1, 0.15) is 58.6 Å². The second kappa shape index (κ2) is 38.8. The van der Waals surface area contributed by atoms with Gasteiger partial charge < -0.3 is 0 Å². The van der Waals surface area contributed by atoms with Crippen molar-refractivity contribution in [3.63, 3.8) is 0 Å². The van der Waals surface area contributed by atoms with Crippen molar-refractivity contribution in [3.8, 4) is 67.9 Å². The Bertz CT molecular complexity index is 7350. The zero-order valence-electron chi connectivity index (χ0n) is 76.6. The summed E-state index contributed by atoms with van der Waals surface area (Å²) in [6, 6.07) is 113. The first-order valence-corrected chi connectivity index (χ1v) is 43.9. The van der Waals surface area contributed by atoms with Crippen LogP contribution in [0.25, 0.3) is 150 Å². The lowest BCUT2D eigenvalue weighted by Crippen LogP contribution is -2.33. The van der Waals surface area contributed by atoms with Gasteiger partial charge in [0.15, 0.2) is 22.9 Å². The molecule has 0 spiro atoms. The largest absolute Gasteiger partial charge is 0.330 e. The molecule has 0 aliphatic rings. The third-order valence-corrected chi connectivity index (χ3v) is 24.5. The van der Waals surface area contributed by atoms with E-state index < -0.39 is 0 Å². The molecule has 22 rings (SSSR count). The number of imidazole rings is 1. The zero-order valence-corrected chi connectivity index (χ0v) is 76.6. The van der Waals surface area contributed by atoms with Gasteiger partial charge in [-0.3, -0.25) is 4.98 Å². The van der Waals surface area contributed by atoms with Crippen LogP contribution in [-0.4, -0.2) is 33.5 Å². The number of nitrogens with zero attached hydrogens (tertiary/aromatic N) is 14. The van der Waals surface area contributed by atoms with Gasteiger partial charge in [-0.05, 0) is 208 Å². The average Bonchev–Trinajstić information content (AvgIpc) is 1.56. The Morgan fingerprint density at radius 2 is 0.822 bits per heavy atom. The fourth-order valence-electron chi connectivity index (χ4n) is 17.7. The van der Waals surface area contributed by atoms with Crippen LogP contribution in [0.4, 0.5) is 0 Å². The molecule has 0 amide bonds. The Kier molecular flexibility index (Phi) is 26.1. The molecule has 634 valence electrons. The number of pyridine rings is 3. The lowest BCUT2D eigenvalue weighted by Gasteiger charge is -2.11. The number of fused-ring (bicyclic) bond motifs is 14. The number of para-hydroxylation sites is 7. The molecular weight excluding hydrogens is 1580 g/mol. The smallest absolute Gasteiger partial charge is 0.252 e. The number of rotatable bonds is 7. The fraction of sp³-hybridized carbons (Fsp3) is 0.139. The van der Waals surface area contributed by atoms with E-state index in [1.54, 1.807) is 6.20 Å². The molecular formula is C115H111N14+7. The number of aryl methyl sites for hydroxylation is 15. The predicted molar refractivity (Wildman–Crippen MR) is 526 cm³/mol. The molecule has 14 heteroatoms. The van der Waals surface area contributed by atoms with Gasteiger partial charge in [-0.1, -0.05) is 217 Å². The van der Waals surface area contributed by atoms with E-state index in [-0.39, 0.29) is 0 Å². The van der Waals surface area contributed by atoms with Crippen LogP contribution in [0, 0.1) is 62.3 Å². The summed E-state index contributed by atoms with van der Waals surface area (Å²) in [5.41, 5.74) is 33.6. The van der Waals surface area contributed by atoms with Crippen molar-refractivity contribution in [2.24, 2.45) is 49.3 Å². The molecule has 10 aromatic heterocycles. The molecule has 129 heavy (non-hydrogen) atoms. The summed E-state index contributed by atoms with van der Waals surface area (Å²) in [6.07, 6.45) is 19.2. The van der Waals surface area contributed by atoms with Crippen LogP contribution < -0.4 is 32.0 Å². The average molecular weight is 1690 g/mol. The molecule has 0 aliphatic heterocycles. The van der Waals surface area contributed by atoms with Crippen molar-refractivity contribution >= 4 is 82.1 Å². The lowest BCUT2D eigenvalue weighted by molar-refractivity contribution is -0.665. The number of benzene rings is 12. The van der Waals surface area contributed by atoms with Crippen molar-refractivity contribution in [2.45, 2.75) is 62.3 Å². The first-order chi connectivity index (χ1) is 62.7. The Balaban J connectivity index is 0.000000111. The van der Waals surface area contributed by atoms with Gasteiger partial charge in [-0.2, -0.15) is 18.1 Å². The molecule has 0 bridgehead atoms. The Labute approximate surface area is 756 Å². The number of hydrogen-bond acceptors (Lipinski definition) is 4. The Morgan fingerprint density at radius 3 is 1.49 bits per heavy atom. The predicted octanol–water partition coefficient (Wildman–Crippen LogP) is 22.2. The summed E-state index contributed by atoms with van der Waals surface area (Å²) in [7, 11) is 14.5. The molecule has 0 saturated carbocycles. The summed E-state index contributed by atoms with van der Waals surface area (Å²) in [5, 5.41) is 9.18. The van der Waals surface area contributed by atoms with Gasteiger partial charge in [0.2, 0.25) is 5.69 Å². The molecule has 14 nitrogen and oxygen atoms in total. The van der Waals surface area contributed by atoms with Crippen LogP contribution in [-0.2, 0) is 49.3 Å². The summed E-state index contributed by atoms with van der Waals surface area (Å²) in [4.78, 5) is 17.1. The van der Waals surface area contributed by atoms with Crippen molar-refractivity contribution in [1.82, 2.24) is 33.5 Å². The second-order valence-electron chi connectivity index (χ2n) is 33.2.